The van der Waals surface area contributed by atoms with Crippen molar-refractivity contribution in [2.24, 2.45) is 5.64 Å². The Morgan fingerprint density at radius 3 is 2.25 bits per heavy atom. The third-order valence-corrected chi connectivity index (χ3v) is 1.03. The minimum absolute atomic E-state index is 0.130. The predicted molar refractivity (Wildman–Crippen MR) is 37.0 cm³/mol. The summed E-state index contributed by atoms with van der Waals surface area (Å²) in [6.45, 7) is 6.68. The molecule has 0 saturated heterocycles. The summed E-state index contributed by atoms with van der Waals surface area (Å²) >= 11 is 0. The third kappa shape index (κ3) is 3.05. The van der Waals surface area contributed by atoms with Crippen LogP contribution in [0.3, 0.4) is 0 Å². The maximum atomic E-state index is 5.37. The molecule has 0 rings (SSSR count). The van der Waals surface area contributed by atoms with Crippen LogP contribution in [0.1, 0.15) is 20.8 Å². The second kappa shape index (κ2) is 3.10. The normalized spacial score (nSPS) is 11.5. The van der Waals surface area contributed by atoms with Crippen LogP contribution in [0.25, 0.3) is 0 Å². The molecule has 48 valence electrons. The van der Waals surface area contributed by atoms with Gasteiger partial charge >= 0.3 is 0 Å². The van der Waals surface area contributed by atoms with Gasteiger partial charge < -0.3 is 10.4 Å². The second-order valence-electron chi connectivity index (χ2n) is 2.40. The van der Waals surface area contributed by atoms with E-state index < -0.39 is 0 Å². The van der Waals surface area contributed by atoms with Crippen molar-refractivity contribution in [1.82, 2.24) is 0 Å². The molecule has 0 aliphatic heterocycles. The van der Waals surface area contributed by atoms with Crippen LogP contribution in [-0.2, 0) is 4.74 Å². The summed E-state index contributed by atoms with van der Waals surface area (Å²) in [5, 5.41) is 0. The Labute approximate surface area is 51.7 Å². The van der Waals surface area contributed by atoms with Crippen molar-refractivity contribution < 1.29 is 4.74 Å². The molecule has 0 fully saturated rings. The van der Waals surface area contributed by atoms with Gasteiger partial charge in [0.05, 0.1) is 5.50 Å². The first kappa shape index (κ1) is 7.98. The molecule has 0 saturated carbocycles. The van der Waals surface area contributed by atoms with E-state index in [-0.39, 0.29) is 5.50 Å². The highest BCUT2D eigenvalue weighted by atomic mass is 16.5. The number of rotatable bonds is 3. The van der Waals surface area contributed by atoms with Crippen LogP contribution >= 0.6 is 0 Å². The van der Waals surface area contributed by atoms with E-state index in [4.69, 9.17) is 10.4 Å². The van der Waals surface area contributed by atoms with Gasteiger partial charge in [-0.05, 0) is 20.8 Å². The number of nitrogens with two attached hydrogens (primary N) is 1. The summed E-state index contributed by atoms with van der Waals surface area (Å²) < 4.78 is 5.25. The van der Waals surface area contributed by atoms with Gasteiger partial charge in [-0.25, -0.2) is 0 Å². The zero-order valence-corrected chi connectivity index (χ0v) is 5.90. The Morgan fingerprint density at radius 1 is 1.62 bits per heavy atom. The summed E-state index contributed by atoms with van der Waals surface area (Å²) in [7, 11) is 0.584. The Bertz CT molecular complexity index is 65.4. The largest absolute Gasteiger partial charge is 0.383 e. The SMILES string of the molecule is CCOC(C)(C)BN. The van der Waals surface area contributed by atoms with Crippen LogP contribution in [0.15, 0.2) is 0 Å². The number of hydrogen-bond acceptors (Lipinski definition) is 2. The average Bonchev–Trinajstić information content (AvgIpc) is 1.67. The van der Waals surface area contributed by atoms with Crippen LogP contribution in [0.2, 0.25) is 0 Å². The standard InChI is InChI=1S/C5H14BNO/c1-4-8-5(2,3)6-7/h6H,4,7H2,1-3H3. The Kier molecular flexibility index (Phi) is 3.09. The lowest BCUT2D eigenvalue weighted by Crippen LogP contribution is -2.37. The maximum Gasteiger partial charge on any atom is 0.235 e. The zero-order valence-electron chi connectivity index (χ0n) is 5.90. The molecule has 0 unspecified atom stereocenters. The van der Waals surface area contributed by atoms with Gasteiger partial charge in [-0.15, -0.1) is 0 Å². The molecule has 0 aromatic carbocycles. The molecule has 0 bridgehead atoms. The van der Waals surface area contributed by atoms with Gasteiger partial charge in [0.25, 0.3) is 0 Å². The van der Waals surface area contributed by atoms with E-state index in [9.17, 15) is 0 Å². The maximum absolute atomic E-state index is 5.37. The summed E-state index contributed by atoms with van der Waals surface area (Å²) in [5.74, 6) is 0. The first-order valence-electron chi connectivity index (χ1n) is 2.96. The highest BCUT2D eigenvalue weighted by molar-refractivity contribution is 6.35. The first-order chi connectivity index (χ1) is 3.62. The van der Waals surface area contributed by atoms with Crippen LogP contribution < -0.4 is 5.64 Å². The van der Waals surface area contributed by atoms with Gasteiger partial charge in [0.1, 0.15) is 0 Å². The molecule has 0 heterocycles. The predicted octanol–water partition coefficient (Wildman–Crippen LogP) is 0.0692. The molecular formula is C5H14BNO. The molecule has 0 amide bonds. The monoisotopic (exact) mass is 115 g/mol. The molecule has 3 heteroatoms. The fourth-order valence-electron chi connectivity index (χ4n) is 0.450. The highest BCUT2D eigenvalue weighted by Gasteiger charge is 2.15. The van der Waals surface area contributed by atoms with Gasteiger partial charge in [0.2, 0.25) is 7.41 Å². The first-order valence-corrected chi connectivity index (χ1v) is 2.96. The van der Waals surface area contributed by atoms with Crippen LogP contribution in [-0.4, -0.2) is 19.5 Å². The summed E-state index contributed by atoms with van der Waals surface area (Å²) in [6.07, 6.45) is 0. The summed E-state index contributed by atoms with van der Waals surface area (Å²) in [4.78, 5) is 0. The topological polar surface area (TPSA) is 35.2 Å². The van der Waals surface area contributed by atoms with Crippen molar-refractivity contribution in [1.29, 1.82) is 0 Å². The molecule has 8 heavy (non-hydrogen) atoms. The molecule has 0 aliphatic rings. The fourth-order valence-corrected chi connectivity index (χ4v) is 0.450. The Hall–Kier alpha value is -0.0151. The molecule has 2 N–H and O–H groups in total. The van der Waals surface area contributed by atoms with Crippen LogP contribution in [0.4, 0.5) is 0 Å². The Balaban J connectivity index is 3.37. The van der Waals surface area contributed by atoms with E-state index in [0.717, 1.165) is 6.61 Å². The molecule has 0 aromatic rings. The average molecular weight is 115 g/mol. The molecule has 0 radical (unpaired) electrons. The Morgan fingerprint density at radius 2 is 2.12 bits per heavy atom. The molecule has 0 aromatic heterocycles. The zero-order chi connectivity index (χ0) is 6.62. The summed E-state index contributed by atoms with van der Waals surface area (Å²) in [5.41, 5.74) is 5.24. The number of hydrogen-bond donors (Lipinski definition) is 1. The van der Waals surface area contributed by atoms with Gasteiger partial charge in [0, 0.05) is 6.61 Å². The van der Waals surface area contributed by atoms with E-state index in [0.29, 0.717) is 7.41 Å². The van der Waals surface area contributed by atoms with E-state index in [1.807, 2.05) is 20.8 Å². The second-order valence-corrected chi connectivity index (χ2v) is 2.40. The van der Waals surface area contributed by atoms with Crippen molar-refractivity contribution in [3.63, 3.8) is 0 Å². The van der Waals surface area contributed by atoms with Crippen molar-refractivity contribution in [2.45, 2.75) is 26.3 Å². The minimum Gasteiger partial charge on any atom is -0.383 e. The van der Waals surface area contributed by atoms with E-state index in [1.165, 1.54) is 0 Å². The van der Waals surface area contributed by atoms with Crippen molar-refractivity contribution in [3.05, 3.63) is 0 Å². The lowest BCUT2D eigenvalue weighted by Gasteiger charge is -2.20. The van der Waals surface area contributed by atoms with Gasteiger partial charge in [0.15, 0.2) is 0 Å². The smallest absolute Gasteiger partial charge is 0.235 e. The molecule has 2 nitrogen and oxygen atoms in total. The number of ether oxygens (including phenoxy) is 1. The molecule has 0 spiro atoms. The third-order valence-electron chi connectivity index (χ3n) is 1.03. The van der Waals surface area contributed by atoms with Gasteiger partial charge in [-0.2, -0.15) is 0 Å². The van der Waals surface area contributed by atoms with Gasteiger partial charge in [-0.3, -0.25) is 0 Å². The lowest BCUT2D eigenvalue weighted by molar-refractivity contribution is 0.0524. The molecule has 0 aliphatic carbocycles. The van der Waals surface area contributed by atoms with Gasteiger partial charge in [-0.1, -0.05) is 0 Å². The molecule has 0 atom stereocenters. The van der Waals surface area contributed by atoms with Crippen LogP contribution in [0.5, 0.6) is 0 Å². The lowest BCUT2D eigenvalue weighted by atomic mass is 9.75. The quantitative estimate of drug-likeness (QED) is 0.528. The van der Waals surface area contributed by atoms with E-state index >= 15 is 0 Å². The van der Waals surface area contributed by atoms with Crippen molar-refractivity contribution in [2.75, 3.05) is 6.61 Å². The summed E-state index contributed by atoms with van der Waals surface area (Å²) in [6, 6.07) is 0. The van der Waals surface area contributed by atoms with Crippen molar-refractivity contribution in [3.8, 4) is 0 Å². The van der Waals surface area contributed by atoms with E-state index in [1.54, 1.807) is 0 Å². The van der Waals surface area contributed by atoms with Crippen LogP contribution in [0, 0.1) is 0 Å². The minimum atomic E-state index is -0.130. The highest BCUT2D eigenvalue weighted by Crippen LogP contribution is 2.02. The molecular weight excluding hydrogens is 101 g/mol. The fraction of sp³-hybridized carbons (Fsp3) is 1.00. The van der Waals surface area contributed by atoms with E-state index in [2.05, 4.69) is 0 Å². The van der Waals surface area contributed by atoms with Crippen molar-refractivity contribution >= 4 is 7.41 Å².